The van der Waals surface area contributed by atoms with Crippen molar-refractivity contribution in [2.24, 2.45) is 5.84 Å². The van der Waals surface area contributed by atoms with Crippen molar-refractivity contribution >= 4 is 11.8 Å². The Morgan fingerprint density at radius 1 is 1.53 bits per heavy atom. The predicted molar refractivity (Wildman–Crippen MR) is 59.9 cm³/mol. The van der Waals surface area contributed by atoms with Gasteiger partial charge in [-0.25, -0.2) is 19.6 Å². The number of hydrogen-bond acceptors (Lipinski definition) is 6. The molecule has 1 aromatic heterocycles. The van der Waals surface area contributed by atoms with E-state index in [2.05, 4.69) is 20.7 Å². The zero-order valence-corrected chi connectivity index (χ0v) is 9.41. The van der Waals surface area contributed by atoms with Crippen LogP contribution in [0.4, 0.5) is 20.5 Å². The molecule has 0 fully saturated rings. The van der Waals surface area contributed by atoms with E-state index in [0.717, 1.165) is 5.56 Å². The van der Waals surface area contributed by atoms with E-state index in [1.54, 1.807) is 6.20 Å². The van der Waals surface area contributed by atoms with E-state index in [1.165, 1.54) is 0 Å². The first kappa shape index (κ1) is 13.5. The second kappa shape index (κ2) is 6.92. The van der Waals surface area contributed by atoms with E-state index in [1.807, 2.05) is 6.92 Å². The molecule has 0 unspecified atom stereocenters. The van der Waals surface area contributed by atoms with E-state index < -0.39 is 13.0 Å². The van der Waals surface area contributed by atoms with E-state index in [-0.39, 0.29) is 12.6 Å². The van der Waals surface area contributed by atoms with Crippen LogP contribution in [0, 0.1) is 6.92 Å². The molecule has 0 radical (unpaired) electrons. The third kappa shape index (κ3) is 4.87. The number of hydrazine groups is 1. The predicted octanol–water partition coefficient (Wildman–Crippen LogP) is 0.764. The molecule has 1 heterocycles. The fraction of sp³-hybridized carbons (Fsp3) is 0.556. The van der Waals surface area contributed by atoms with Gasteiger partial charge >= 0.3 is 0 Å². The van der Waals surface area contributed by atoms with Gasteiger partial charge in [0.2, 0.25) is 5.95 Å². The summed E-state index contributed by atoms with van der Waals surface area (Å²) in [7, 11) is 0. The number of nitrogens with one attached hydrogen (secondary N) is 2. The van der Waals surface area contributed by atoms with Crippen molar-refractivity contribution in [3.8, 4) is 0 Å². The third-order valence-corrected chi connectivity index (χ3v) is 1.88. The third-order valence-electron chi connectivity index (χ3n) is 1.88. The number of ether oxygens (including phenoxy) is 1. The molecule has 0 atom stereocenters. The molecule has 4 N–H and O–H groups in total. The second-order valence-corrected chi connectivity index (χ2v) is 3.26. The zero-order chi connectivity index (χ0) is 12.7. The van der Waals surface area contributed by atoms with Crippen LogP contribution in [0.1, 0.15) is 5.56 Å². The molecule has 0 saturated heterocycles. The quantitative estimate of drug-likeness (QED) is 0.375. The van der Waals surface area contributed by atoms with Crippen molar-refractivity contribution in [3.05, 3.63) is 11.8 Å². The van der Waals surface area contributed by atoms with Crippen molar-refractivity contribution in [1.82, 2.24) is 9.97 Å². The number of aromatic nitrogens is 2. The lowest BCUT2D eigenvalue weighted by Crippen LogP contribution is -2.16. The Morgan fingerprint density at radius 2 is 2.29 bits per heavy atom. The van der Waals surface area contributed by atoms with Gasteiger partial charge in [0.15, 0.2) is 0 Å². The Morgan fingerprint density at radius 3 is 2.94 bits per heavy atom. The first-order chi connectivity index (χ1) is 8.13. The van der Waals surface area contributed by atoms with Crippen LogP contribution in [0.15, 0.2) is 6.20 Å². The van der Waals surface area contributed by atoms with Crippen molar-refractivity contribution < 1.29 is 13.5 Å². The number of aryl methyl sites for hydroxylation is 1. The summed E-state index contributed by atoms with van der Waals surface area (Å²) in [6.45, 7) is 1.83. The Hall–Kier alpha value is -1.54. The minimum Gasteiger partial charge on any atom is -0.374 e. The molecule has 8 heteroatoms. The van der Waals surface area contributed by atoms with Crippen molar-refractivity contribution in [1.29, 1.82) is 0 Å². The molecule has 0 saturated carbocycles. The number of nitrogen functional groups attached to an aromatic ring is 1. The highest BCUT2D eigenvalue weighted by molar-refractivity contribution is 5.45. The van der Waals surface area contributed by atoms with Gasteiger partial charge < -0.3 is 10.1 Å². The van der Waals surface area contributed by atoms with Gasteiger partial charge in [0.25, 0.3) is 6.43 Å². The summed E-state index contributed by atoms with van der Waals surface area (Å²) in [5, 5.41) is 2.94. The van der Waals surface area contributed by atoms with Crippen molar-refractivity contribution in [2.75, 3.05) is 30.5 Å². The summed E-state index contributed by atoms with van der Waals surface area (Å²) in [6, 6.07) is 0. The summed E-state index contributed by atoms with van der Waals surface area (Å²) >= 11 is 0. The smallest absolute Gasteiger partial charge is 0.261 e. The van der Waals surface area contributed by atoms with Crippen LogP contribution in [0.3, 0.4) is 0 Å². The Balaban J connectivity index is 2.35. The lowest BCUT2D eigenvalue weighted by atomic mass is 10.3. The van der Waals surface area contributed by atoms with Gasteiger partial charge in [-0.1, -0.05) is 0 Å². The van der Waals surface area contributed by atoms with Crippen molar-refractivity contribution in [3.63, 3.8) is 0 Å². The molecular weight excluding hydrogens is 232 g/mol. The fourth-order valence-corrected chi connectivity index (χ4v) is 1.10. The minimum absolute atomic E-state index is 0.180. The van der Waals surface area contributed by atoms with Crippen LogP contribution in [0.25, 0.3) is 0 Å². The fourth-order valence-electron chi connectivity index (χ4n) is 1.10. The molecular formula is C9H15F2N5O. The van der Waals surface area contributed by atoms with Gasteiger partial charge in [-0.15, -0.1) is 0 Å². The van der Waals surface area contributed by atoms with E-state index in [0.29, 0.717) is 12.4 Å². The number of anilines is 2. The van der Waals surface area contributed by atoms with E-state index in [9.17, 15) is 8.78 Å². The molecule has 0 spiro atoms. The van der Waals surface area contributed by atoms with Crippen LogP contribution >= 0.6 is 0 Å². The summed E-state index contributed by atoms with van der Waals surface area (Å²) < 4.78 is 28.2. The number of rotatable bonds is 7. The lowest BCUT2D eigenvalue weighted by Gasteiger charge is -2.09. The molecule has 0 aliphatic carbocycles. The van der Waals surface area contributed by atoms with Crippen LogP contribution in [0.5, 0.6) is 0 Å². The normalized spacial score (nSPS) is 10.6. The Bertz CT molecular complexity index is 350. The highest BCUT2D eigenvalue weighted by atomic mass is 19.3. The summed E-state index contributed by atoms with van der Waals surface area (Å²) in [4.78, 5) is 7.97. The monoisotopic (exact) mass is 247 g/mol. The maximum atomic E-state index is 11.8. The molecule has 96 valence electrons. The molecule has 0 amide bonds. The number of hydrogen-bond donors (Lipinski definition) is 3. The number of halogens is 2. The lowest BCUT2D eigenvalue weighted by molar-refractivity contribution is 0.0215. The Kier molecular flexibility index (Phi) is 5.50. The topological polar surface area (TPSA) is 85.1 Å². The molecule has 6 nitrogen and oxygen atoms in total. The molecule has 0 bridgehead atoms. The molecule has 1 rings (SSSR count). The molecule has 17 heavy (non-hydrogen) atoms. The summed E-state index contributed by atoms with van der Waals surface area (Å²) in [5.74, 6) is 6.04. The summed E-state index contributed by atoms with van der Waals surface area (Å²) in [6.07, 6.45) is -0.839. The second-order valence-electron chi connectivity index (χ2n) is 3.26. The number of nitrogens with zero attached hydrogens (tertiary/aromatic N) is 2. The Labute approximate surface area is 97.5 Å². The van der Waals surface area contributed by atoms with Gasteiger partial charge in [0.1, 0.15) is 12.4 Å². The van der Waals surface area contributed by atoms with Crippen LogP contribution < -0.4 is 16.6 Å². The average Bonchev–Trinajstić information content (AvgIpc) is 2.30. The first-order valence-electron chi connectivity index (χ1n) is 5.03. The largest absolute Gasteiger partial charge is 0.374 e. The van der Waals surface area contributed by atoms with Crippen LogP contribution in [0.2, 0.25) is 0 Å². The number of nitrogens with two attached hydrogens (primary N) is 1. The highest BCUT2D eigenvalue weighted by Gasteiger charge is 2.03. The molecule has 0 aliphatic rings. The first-order valence-corrected chi connectivity index (χ1v) is 5.03. The van der Waals surface area contributed by atoms with Gasteiger partial charge in [-0.2, -0.15) is 4.98 Å². The van der Waals surface area contributed by atoms with Crippen LogP contribution in [-0.4, -0.2) is 36.2 Å². The zero-order valence-electron chi connectivity index (χ0n) is 9.41. The maximum absolute atomic E-state index is 11.8. The SMILES string of the molecule is Cc1cnc(NN)nc1NCCOCC(F)F. The van der Waals surface area contributed by atoms with Gasteiger partial charge in [0.05, 0.1) is 6.61 Å². The van der Waals surface area contributed by atoms with E-state index in [4.69, 9.17) is 10.6 Å². The van der Waals surface area contributed by atoms with Gasteiger partial charge in [-0.3, -0.25) is 5.43 Å². The average molecular weight is 247 g/mol. The van der Waals surface area contributed by atoms with Gasteiger partial charge in [0, 0.05) is 18.3 Å². The highest BCUT2D eigenvalue weighted by Crippen LogP contribution is 2.11. The number of alkyl halides is 2. The molecule has 0 aromatic carbocycles. The van der Waals surface area contributed by atoms with Crippen LogP contribution in [-0.2, 0) is 4.74 Å². The van der Waals surface area contributed by atoms with Gasteiger partial charge in [-0.05, 0) is 6.92 Å². The maximum Gasteiger partial charge on any atom is 0.261 e. The summed E-state index contributed by atoms with van der Waals surface area (Å²) in [5.41, 5.74) is 3.15. The standard InChI is InChI=1S/C9H15F2N5O/c1-6-4-14-9(16-12)15-8(6)13-2-3-17-5-7(10)11/h4,7H,2-3,5,12H2,1H3,(H2,13,14,15,16). The van der Waals surface area contributed by atoms with E-state index >= 15 is 0 Å². The minimum atomic E-state index is -2.44. The molecule has 1 aromatic rings. The van der Waals surface area contributed by atoms with Crippen molar-refractivity contribution in [2.45, 2.75) is 13.3 Å². The molecule has 0 aliphatic heterocycles.